The van der Waals surface area contributed by atoms with Gasteiger partial charge in [-0.1, -0.05) is 35.0 Å². The molecule has 0 saturated heterocycles. The average Bonchev–Trinajstić information content (AvgIpc) is 3.19. The van der Waals surface area contributed by atoms with Crippen LogP contribution in [0.25, 0.3) is 22.6 Å². The van der Waals surface area contributed by atoms with Crippen molar-refractivity contribution in [2.75, 3.05) is 4.72 Å². The van der Waals surface area contributed by atoms with Gasteiger partial charge in [0.25, 0.3) is 10.0 Å². The van der Waals surface area contributed by atoms with Gasteiger partial charge >= 0.3 is 0 Å². The fraction of sp³-hybridized carbons (Fsp3) is 0.0455. The van der Waals surface area contributed by atoms with Crippen LogP contribution in [0.15, 0.2) is 88.3 Å². The van der Waals surface area contributed by atoms with Crippen molar-refractivity contribution in [3.8, 4) is 22.6 Å². The minimum absolute atomic E-state index is 0.192. The molecule has 29 heavy (non-hydrogen) atoms. The summed E-state index contributed by atoms with van der Waals surface area (Å²) in [6.45, 7) is 1.89. The molecule has 4 rings (SSSR count). The Balaban J connectivity index is 1.54. The molecule has 0 fully saturated rings. The van der Waals surface area contributed by atoms with Gasteiger partial charge in [-0.2, -0.15) is 0 Å². The van der Waals surface area contributed by atoms with E-state index in [4.69, 9.17) is 4.52 Å². The Bertz CT molecular complexity index is 1250. The quantitative estimate of drug-likeness (QED) is 0.489. The molecule has 0 aliphatic heterocycles. The molecule has 4 aromatic rings. The summed E-state index contributed by atoms with van der Waals surface area (Å²) in [5.41, 5.74) is 2.84. The maximum absolute atomic E-state index is 13.9. The first-order valence-corrected chi connectivity index (χ1v) is 10.3. The van der Waals surface area contributed by atoms with Gasteiger partial charge in [0.15, 0.2) is 5.76 Å². The molecule has 5 nitrogen and oxygen atoms in total. The van der Waals surface area contributed by atoms with Gasteiger partial charge in [-0.25, -0.2) is 12.8 Å². The van der Waals surface area contributed by atoms with E-state index in [0.29, 0.717) is 28.3 Å². The SMILES string of the molecule is Cc1ccc(S(=O)(=O)Nc2ccc(-c3cc(-c4ccccc4F)no3)cc2)cc1. The Labute approximate surface area is 167 Å². The highest BCUT2D eigenvalue weighted by atomic mass is 32.2. The Morgan fingerprint density at radius 1 is 0.931 bits per heavy atom. The third-order valence-corrected chi connectivity index (χ3v) is 5.81. The van der Waals surface area contributed by atoms with E-state index >= 15 is 0 Å². The van der Waals surface area contributed by atoms with Crippen molar-refractivity contribution in [2.45, 2.75) is 11.8 Å². The number of aryl methyl sites for hydroxylation is 1. The molecule has 0 saturated carbocycles. The van der Waals surface area contributed by atoms with Gasteiger partial charge < -0.3 is 4.52 Å². The van der Waals surface area contributed by atoms with Gasteiger partial charge in [-0.3, -0.25) is 4.72 Å². The van der Waals surface area contributed by atoms with Gasteiger partial charge in [-0.05, 0) is 55.5 Å². The van der Waals surface area contributed by atoms with E-state index in [1.807, 2.05) is 6.92 Å². The lowest BCUT2D eigenvalue weighted by atomic mass is 10.1. The maximum atomic E-state index is 13.9. The third-order valence-electron chi connectivity index (χ3n) is 4.41. The summed E-state index contributed by atoms with van der Waals surface area (Å²) in [5, 5.41) is 3.93. The van der Waals surface area contributed by atoms with Gasteiger partial charge in [0.05, 0.1) is 4.90 Å². The number of benzene rings is 3. The zero-order valence-corrected chi connectivity index (χ0v) is 16.3. The Kier molecular flexibility index (Phi) is 4.90. The molecular weight excluding hydrogens is 391 g/mol. The van der Waals surface area contributed by atoms with E-state index in [2.05, 4.69) is 9.88 Å². The fourth-order valence-electron chi connectivity index (χ4n) is 2.84. The Morgan fingerprint density at radius 2 is 1.62 bits per heavy atom. The number of hydrogen-bond donors (Lipinski definition) is 1. The summed E-state index contributed by atoms with van der Waals surface area (Å²) in [6.07, 6.45) is 0. The molecule has 7 heteroatoms. The van der Waals surface area contributed by atoms with E-state index in [1.54, 1.807) is 72.8 Å². The Morgan fingerprint density at radius 3 is 2.31 bits per heavy atom. The summed E-state index contributed by atoms with van der Waals surface area (Å²) >= 11 is 0. The van der Waals surface area contributed by atoms with Crippen molar-refractivity contribution in [3.63, 3.8) is 0 Å². The standard InChI is InChI=1S/C22H17FN2O3S/c1-15-6-12-18(13-7-15)29(26,27)25-17-10-8-16(9-11-17)22-14-21(24-28-22)19-4-2-3-5-20(19)23/h2-14,25H,1H3. The lowest BCUT2D eigenvalue weighted by molar-refractivity contribution is 0.434. The van der Waals surface area contributed by atoms with Gasteiger partial charge in [0.2, 0.25) is 0 Å². The first-order valence-electron chi connectivity index (χ1n) is 8.84. The van der Waals surface area contributed by atoms with E-state index in [9.17, 15) is 12.8 Å². The van der Waals surface area contributed by atoms with E-state index in [1.165, 1.54) is 6.07 Å². The molecule has 0 bridgehead atoms. The highest BCUT2D eigenvalue weighted by molar-refractivity contribution is 7.92. The zero-order valence-electron chi connectivity index (χ0n) is 15.5. The van der Waals surface area contributed by atoms with Crippen LogP contribution in [0.5, 0.6) is 0 Å². The largest absolute Gasteiger partial charge is 0.356 e. The van der Waals surface area contributed by atoms with E-state index < -0.39 is 10.0 Å². The van der Waals surface area contributed by atoms with Crippen LogP contribution in [0.1, 0.15) is 5.56 Å². The second-order valence-corrected chi connectivity index (χ2v) is 8.23. The van der Waals surface area contributed by atoms with Gasteiger partial charge in [0, 0.05) is 22.9 Å². The minimum Gasteiger partial charge on any atom is -0.356 e. The Hall–Kier alpha value is -3.45. The van der Waals surface area contributed by atoms with Crippen LogP contribution < -0.4 is 4.72 Å². The lowest BCUT2D eigenvalue weighted by Gasteiger charge is -2.08. The van der Waals surface area contributed by atoms with E-state index in [-0.39, 0.29) is 10.7 Å². The van der Waals surface area contributed by atoms with Crippen LogP contribution in [0, 0.1) is 12.7 Å². The predicted molar refractivity (Wildman–Crippen MR) is 109 cm³/mol. The summed E-state index contributed by atoms with van der Waals surface area (Å²) in [4.78, 5) is 0.192. The topological polar surface area (TPSA) is 72.2 Å². The van der Waals surface area contributed by atoms with Crippen LogP contribution >= 0.6 is 0 Å². The molecule has 0 unspecified atom stereocenters. The number of anilines is 1. The molecule has 0 radical (unpaired) electrons. The molecular formula is C22H17FN2O3S. The molecule has 1 N–H and O–H groups in total. The molecule has 0 amide bonds. The molecule has 1 aromatic heterocycles. The molecule has 146 valence electrons. The third kappa shape index (κ3) is 4.05. The first-order chi connectivity index (χ1) is 13.9. The smallest absolute Gasteiger partial charge is 0.261 e. The number of nitrogens with one attached hydrogen (secondary N) is 1. The average molecular weight is 408 g/mol. The summed E-state index contributed by atoms with van der Waals surface area (Å²) in [7, 11) is -3.67. The van der Waals surface area contributed by atoms with Gasteiger partial charge in [-0.15, -0.1) is 0 Å². The normalized spacial score (nSPS) is 11.4. The van der Waals surface area contributed by atoms with Crippen molar-refractivity contribution >= 4 is 15.7 Å². The maximum Gasteiger partial charge on any atom is 0.261 e. The number of nitrogens with zero attached hydrogens (tertiary/aromatic N) is 1. The summed E-state index contributed by atoms with van der Waals surface area (Å²) in [5.74, 6) is 0.0735. The molecule has 0 spiro atoms. The van der Waals surface area contributed by atoms with Crippen molar-refractivity contribution in [1.82, 2.24) is 5.16 Å². The van der Waals surface area contributed by atoms with Crippen molar-refractivity contribution < 1.29 is 17.3 Å². The number of rotatable bonds is 5. The highest BCUT2D eigenvalue weighted by Crippen LogP contribution is 2.28. The van der Waals surface area contributed by atoms with Crippen LogP contribution in [-0.2, 0) is 10.0 Å². The van der Waals surface area contributed by atoms with Crippen LogP contribution in [0.4, 0.5) is 10.1 Å². The second kappa shape index (κ2) is 7.52. The highest BCUT2D eigenvalue weighted by Gasteiger charge is 2.15. The van der Waals surface area contributed by atoms with Crippen molar-refractivity contribution in [1.29, 1.82) is 0 Å². The summed E-state index contributed by atoms with van der Waals surface area (Å²) < 4.78 is 46.8. The molecule has 0 atom stereocenters. The molecule has 3 aromatic carbocycles. The molecule has 1 heterocycles. The van der Waals surface area contributed by atoms with Crippen molar-refractivity contribution in [2.24, 2.45) is 0 Å². The summed E-state index contributed by atoms with van der Waals surface area (Å²) in [6, 6.07) is 21.2. The lowest BCUT2D eigenvalue weighted by Crippen LogP contribution is -2.12. The van der Waals surface area contributed by atoms with E-state index in [0.717, 1.165) is 5.56 Å². The zero-order chi connectivity index (χ0) is 20.4. The van der Waals surface area contributed by atoms with Crippen LogP contribution in [0.3, 0.4) is 0 Å². The second-order valence-electron chi connectivity index (χ2n) is 6.55. The predicted octanol–water partition coefficient (Wildman–Crippen LogP) is 5.26. The fourth-order valence-corrected chi connectivity index (χ4v) is 3.90. The van der Waals surface area contributed by atoms with Gasteiger partial charge in [0.1, 0.15) is 11.5 Å². The monoisotopic (exact) mass is 408 g/mol. The number of sulfonamides is 1. The van der Waals surface area contributed by atoms with Crippen LogP contribution in [-0.4, -0.2) is 13.6 Å². The number of hydrogen-bond acceptors (Lipinski definition) is 4. The van der Waals surface area contributed by atoms with Crippen LogP contribution in [0.2, 0.25) is 0 Å². The minimum atomic E-state index is -3.67. The molecule has 0 aliphatic carbocycles. The first kappa shape index (κ1) is 18.9. The molecule has 0 aliphatic rings. The number of halogens is 1. The van der Waals surface area contributed by atoms with Crippen molar-refractivity contribution in [3.05, 3.63) is 90.2 Å². The number of aromatic nitrogens is 1.